The molecule has 0 spiro atoms. The quantitative estimate of drug-likeness (QED) is 0.668. The Morgan fingerprint density at radius 1 is 1.09 bits per heavy atom. The maximum absolute atomic E-state index is 13.0. The van der Waals surface area contributed by atoms with Crippen LogP contribution in [0.15, 0.2) is 36.4 Å². The molecule has 0 aliphatic heterocycles. The Morgan fingerprint density at radius 3 is 2.36 bits per heavy atom. The van der Waals surface area contributed by atoms with Gasteiger partial charge in [-0.3, -0.25) is 4.79 Å². The molecular weight excluding hydrogens is 304 g/mol. The number of Topliss-reactive ketones (excluding diaryl/α,β-unsaturated/α-hetero) is 1. The molecule has 0 saturated carbocycles. The van der Waals surface area contributed by atoms with Gasteiger partial charge in [-0.1, -0.05) is 0 Å². The predicted octanol–water partition coefficient (Wildman–Crippen LogP) is 4.55. The minimum Gasteiger partial charge on any atom is -0.504 e. The lowest BCUT2D eigenvalue weighted by Crippen LogP contribution is -2.08. The average Bonchev–Trinajstić information content (AvgIpc) is 2.41. The second kappa shape index (κ2) is 5.67. The molecule has 7 heteroatoms. The second-order valence-corrected chi connectivity index (χ2v) is 4.48. The van der Waals surface area contributed by atoms with Gasteiger partial charge in [-0.2, -0.15) is 13.2 Å². The van der Waals surface area contributed by atoms with Crippen molar-refractivity contribution in [1.82, 2.24) is 0 Å². The van der Waals surface area contributed by atoms with Crippen LogP contribution in [-0.2, 0) is 6.18 Å². The van der Waals surface area contributed by atoms with Crippen molar-refractivity contribution in [1.29, 1.82) is 0 Å². The van der Waals surface area contributed by atoms with E-state index in [1.165, 1.54) is 13.0 Å². The number of alkyl halides is 3. The zero-order valence-corrected chi connectivity index (χ0v) is 11.2. The van der Waals surface area contributed by atoms with Crippen LogP contribution < -0.4 is 4.74 Å². The summed E-state index contributed by atoms with van der Waals surface area (Å²) in [6.07, 6.45) is -4.83. The molecule has 3 nitrogen and oxygen atoms in total. The van der Waals surface area contributed by atoms with Gasteiger partial charge in [0.25, 0.3) is 0 Å². The molecule has 2 aromatic carbocycles. The Labute approximate surface area is 122 Å². The minimum absolute atomic E-state index is 0.156. The van der Waals surface area contributed by atoms with Crippen molar-refractivity contribution in [3.63, 3.8) is 0 Å². The first-order chi connectivity index (χ1) is 10.2. The fourth-order valence-electron chi connectivity index (χ4n) is 1.75. The SMILES string of the molecule is CC(=O)c1ccc(O)c(Oc2ccc(F)cc2C(F)(F)F)c1. The number of halogens is 4. The molecule has 22 heavy (non-hydrogen) atoms. The van der Waals surface area contributed by atoms with E-state index in [0.29, 0.717) is 6.07 Å². The standard InChI is InChI=1S/C15H10F4O3/c1-8(20)9-2-4-12(21)14(6-9)22-13-5-3-10(16)7-11(13)15(17,18)19/h2-7,21H,1H3. The van der Waals surface area contributed by atoms with Crippen molar-refractivity contribution >= 4 is 5.78 Å². The van der Waals surface area contributed by atoms with Gasteiger partial charge in [-0.05, 0) is 43.3 Å². The second-order valence-electron chi connectivity index (χ2n) is 4.48. The molecule has 0 saturated heterocycles. The molecule has 116 valence electrons. The number of benzene rings is 2. The van der Waals surface area contributed by atoms with E-state index in [4.69, 9.17) is 4.74 Å². The molecular formula is C15H10F4O3. The number of aromatic hydroxyl groups is 1. The number of phenolic OH excluding ortho intramolecular Hbond substituents is 1. The monoisotopic (exact) mass is 314 g/mol. The van der Waals surface area contributed by atoms with Crippen molar-refractivity contribution in [3.8, 4) is 17.2 Å². The van der Waals surface area contributed by atoms with Crippen molar-refractivity contribution < 1.29 is 32.2 Å². The first-order valence-electron chi connectivity index (χ1n) is 6.07. The van der Waals surface area contributed by atoms with Gasteiger partial charge in [0, 0.05) is 5.56 Å². The number of carbonyl (C=O) groups excluding carboxylic acids is 1. The van der Waals surface area contributed by atoms with E-state index in [-0.39, 0.29) is 17.1 Å². The maximum atomic E-state index is 13.0. The van der Waals surface area contributed by atoms with Crippen LogP contribution in [0.25, 0.3) is 0 Å². The van der Waals surface area contributed by atoms with Crippen molar-refractivity contribution in [2.24, 2.45) is 0 Å². The van der Waals surface area contributed by atoms with Crippen LogP contribution in [0, 0.1) is 5.82 Å². The van der Waals surface area contributed by atoms with E-state index < -0.39 is 29.1 Å². The molecule has 2 aromatic rings. The summed E-state index contributed by atoms with van der Waals surface area (Å²) < 4.78 is 56.7. The normalized spacial score (nSPS) is 11.3. The third kappa shape index (κ3) is 3.36. The Kier molecular flexibility index (Phi) is 4.07. The van der Waals surface area contributed by atoms with Crippen LogP contribution in [-0.4, -0.2) is 10.9 Å². The zero-order chi connectivity index (χ0) is 16.5. The van der Waals surface area contributed by atoms with Crippen LogP contribution in [0.3, 0.4) is 0 Å². The van der Waals surface area contributed by atoms with Crippen LogP contribution in [0.2, 0.25) is 0 Å². The molecule has 0 aliphatic rings. The van der Waals surface area contributed by atoms with E-state index in [2.05, 4.69) is 0 Å². The summed E-state index contributed by atoms with van der Waals surface area (Å²) in [4.78, 5) is 11.3. The highest BCUT2D eigenvalue weighted by atomic mass is 19.4. The summed E-state index contributed by atoms with van der Waals surface area (Å²) in [5.74, 6) is -2.86. The number of carbonyl (C=O) groups is 1. The van der Waals surface area contributed by atoms with Crippen LogP contribution in [0.1, 0.15) is 22.8 Å². The molecule has 0 atom stereocenters. The Morgan fingerprint density at radius 2 is 1.77 bits per heavy atom. The van der Waals surface area contributed by atoms with Gasteiger partial charge in [0.1, 0.15) is 17.1 Å². The number of phenols is 1. The van der Waals surface area contributed by atoms with E-state index in [1.54, 1.807) is 0 Å². The van der Waals surface area contributed by atoms with Gasteiger partial charge in [-0.25, -0.2) is 4.39 Å². The zero-order valence-electron chi connectivity index (χ0n) is 11.2. The van der Waals surface area contributed by atoms with Gasteiger partial charge in [0.15, 0.2) is 17.3 Å². The Bertz CT molecular complexity index is 723. The minimum atomic E-state index is -4.83. The number of rotatable bonds is 3. The van der Waals surface area contributed by atoms with Crippen LogP contribution in [0.5, 0.6) is 17.2 Å². The van der Waals surface area contributed by atoms with E-state index >= 15 is 0 Å². The van der Waals surface area contributed by atoms with Crippen LogP contribution >= 0.6 is 0 Å². The van der Waals surface area contributed by atoms with E-state index in [9.17, 15) is 27.5 Å². The molecule has 2 rings (SSSR count). The number of ketones is 1. The average molecular weight is 314 g/mol. The molecule has 0 amide bonds. The third-order valence-corrected chi connectivity index (χ3v) is 2.83. The Hall–Kier alpha value is -2.57. The van der Waals surface area contributed by atoms with E-state index in [1.807, 2.05) is 0 Å². The first kappa shape index (κ1) is 15.8. The third-order valence-electron chi connectivity index (χ3n) is 2.83. The maximum Gasteiger partial charge on any atom is 0.420 e. The summed E-state index contributed by atoms with van der Waals surface area (Å²) in [5, 5.41) is 9.63. The molecule has 0 unspecified atom stereocenters. The number of hydrogen-bond donors (Lipinski definition) is 1. The molecule has 0 radical (unpaired) electrons. The summed E-state index contributed by atoms with van der Waals surface area (Å²) in [5.41, 5.74) is -1.16. The van der Waals surface area contributed by atoms with E-state index in [0.717, 1.165) is 24.3 Å². The van der Waals surface area contributed by atoms with Gasteiger partial charge in [0.2, 0.25) is 0 Å². The fraction of sp³-hybridized carbons (Fsp3) is 0.133. The van der Waals surface area contributed by atoms with Gasteiger partial charge in [-0.15, -0.1) is 0 Å². The molecule has 0 aliphatic carbocycles. The first-order valence-corrected chi connectivity index (χ1v) is 6.07. The van der Waals surface area contributed by atoms with Gasteiger partial charge >= 0.3 is 6.18 Å². The lowest BCUT2D eigenvalue weighted by Gasteiger charge is -2.14. The van der Waals surface area contributed by atoms with Crippen molar-refractivity contribution in [2.45, 2.75) is 13.1 Å². The van der Waals surface area contributed by atoms with Crippen molar-refractivity contribution in [2.75, 3.05) is 0 Å². The van der Waals surface area contributed by atoms with Gasteiger partial charge in [0.05, 0.1) is 0 Å². The lowest BCUT2D eigenvalue weighted by molar-refractivity contribution is -0.138. The van der Waals surface area contributed by atoms with Crippen molar-refractivity contribution in [3.05, 3.63) is 53.3 Å². The molecule has 1 N–H and O–H groups in total. The molecule has 0 aromatic heterocycles. The number of ether oxygens (including phenoxy) is 1. The summed E-state index contributed by atoms with van der Waals surface area (Å²) in [7, 11) is 0. The Balaban J connectivity index is 2.48. The summed E-state index contributed by atoms with van der Waals surface area (Å²) >= 11 is 0. The highest BCUT2D eigenvalue weighted by molar-refractivity contribution is 5.94. The highest BCUT2D eigenvalue weighted by Crippen LogP contribution is 2.40. The predicted molar refractivity (Wildman–Crippen MR) is 69.6 cm³/mol. The lowest BCUT2D eigenvalue weighted by atomic mass is 10.1. The molecule has 0 fully saturated rings. The highest BCUT2D eigenvalue weighted by Gasteiger charge is 2.35. The fourth-order valence-corrected chi connectivity index (χ4v) is 1.75. The smallest absolute Gasteiger partial charge is 0.420 e. The summed E-state index contributed by atoms with van der Waals surface area (Å²) in [6, 6.07) is 5.44. The van der Waals surface area contributed by atoms with Gasteiger partial charge < -0.3 is 9.84 Å². The molecule has 0 heterocycles. The molecule has 0 bridgehead atoms. The topological polar surface area (TPSA) is 46.5 Å². The number of hydrogen-bond acceptors (Lipinski definition) is 3. The van der Waals surface area contributed by atoms with Crippen LogP contribution in [0.4, 0.5) is 17.6 Å². The largest absolute Gasteiger partial charge is 0.504 e. The summed E-state index contributed by atoms with van der Waals surface area (Å²) in [6.45, 7) is 1.26.